The third kappa shape index (κ3) is 2.35. The summed E-state index contributed by atoms with van der Waals surface area (Å²) in [5, 5.41) is 19.3. The van der Waals surface area contributed by atoms with Gasteiger partial charge in [-0.05, 0) is 39.5 Å². The highest BCUT2D eigenvalue weighted by molar-refractivity contribution is 6.32. The van der Waals surface area contributed by atoms with Crippen molar-refractivity contribution in [1.29, 1.82) is 0 Å². The zero-order valence-corrected chi connectivity index (χ0v) is 10.3. The van der Waals surface area contributed by atoms with Crippen LogP contribution in [0.1, 0.15) is 33.6 Å². The molecule has 0 bridgehead atoms. The number of alkyl halides is 2. The molecule has 0 aromatic rings. The lowest BCUT2D eigenvalue weighted by Gasteiger charge is -2.44. The third-order valence-electron chi connectivity index (χ3n) is 3.26. The summed E-state index contributed by atoms with van der Waals surface area (Å²) in [7, 11) is 0. The normalized spacial score (nSPS) is 45.2. The molecule has 0 amide bonds. The molecule has 1 aliphatic rings. The molecule has 1 aliphatic carbocycles. The van der Waals surface area contributed by atoms with Gasteiger partial charge in [0, 0.05) is 0 Å². The van der Waals surface area contributed by atoms with Gasteiger partial charge in [-0.3, -0.25) is 0 Å². The zero-order chi connectivity index (χ0) is 11.1. The minimum atomic E-state index is -0.804. The summed E-state index contributed by atoms with van der Waals surface area (Å²) in [6, 6.07) is 0. The maximum absolute atomic E-state index is 9.84. The number of hydrogen-bond acceptors (Lipinski definition) is 2. The quantitative estimate of drug-likeness (QED) is 0.690. The van der Waals surface area contributed by atoms with Gasteiger partial charge in [0.15, 0.2) is 0 Å². The average molecular weight is 241 g/mol. The Labute approximate surface area is 95.2 Å². The highest BCUT2D eigenvalue weighted by Gasteiger charge is 2.47. The van der Waals surface area contributed by atoms with Crippen LogP contribution in [0.3, 0.4) is 0 Å². The molecule has 0 heterocycles. The Hall–Kier alpha value is 0.500. The average Bonchev–Trinajstić information content (AvgIpc) is 1.98. The van der Waals surface area contributed by atoms with Crippen molar-refractivity contribution in [3.8, 4) is 0 Å². The smallest absolute Gasteiger partial charge is 0.0839 e. The third-order valence-corrected chi connectivity index (χ3v) is 4.52. The predicted octanol–water partition coefficient (Wildman–Crippen LogP) is 2.13. The Kier molecular flexibility index (Phi) is 3.43. The number of aliphatic hydroxyl groups is 2. The van der Waals surface area contributed by atoms with Gasteiger partial charge in [0.25, 0.3) is 0 Å². The van der Waals surface area contributed by atoms with E-state index >= 15 is 0 Å². The summed E-state index contributed by atoms with van der Waals surface area (Å²) >= 11 is 12.2. The van der Waals surface area contributed by atoms with E-state index < -0.39 is 16.6 Å². The first kappa shape index (κ1) is 12.6. The second kappa shape index (κ2) is 3.82. The van der Waals surface area contributed by atoms with Crippen LogP contribution in [0, 0.1) is 5.92 Å². The Morgan fingerprint density at radius 1 is 1.36 bits per heavy atom. The van der Waals surface area contributed by atoms with Crippen LogP contribution in [-0.4, -0.2) is 32.2 Å². The molecule has 0 aromatic heterocycles. The fraction of sp³-hybridized carbons (Fsp3) is 1.00. The Morgan fingerprint density at radius 3 is 2.21 bits per heavy atom. The molecule has 1 rings (SSSR count). The second-order valence-electron chi connectivity index (χ2n) is 4.96. The van der Waals surface area contributed by atoms with Gasteiger partial charge >= 0.3 is 0 Å². The van der Waals surface area contributed by atoms with Gasteiger partial charge in [0.1, 0.15) is 0 Å². The van der Waals surface area contributed by atoms with Gasteiger partial charge < -0.3 is 10.2 Å². The van der Waals surface area contributed by atoms with Crippen molar-refractivity contribution < 1.29 is 10.2 Å². The van der Waals surface area contributed by atoms with Crippen LogP contribution in [0.5, 0.6) is 0 Å². The predicted molar refractivity (Wildman–Crippen MR) is 58.9 cm³/mol. The first-order chi connectivity index (χ1) is 6.15. The van der Waals surface area contributed by atoms with Crippen molar-refractivity contribution in [2.75, 3.05) is 0 Å². The van der Waals surface area contributed by atoms with Crippen molar-refractivity contribution in [3.05, 3.63) is 0 Å². The maximum Gasteiger partial charge on any atom is 0.0839 e. The summed E-state index contributed by atoms with van der Waals surface area (Å²) in [4.78, 5) is -0.774. The molecular weight excluding hydrogens is 223 g/mol. The maximum atomic E-state index is 9.84. The summed E-state index contributed by atoms with van der Waals surface area (Å²) < 4.78 is 0. The van der Waals surface area contributed by atoms with E-state index in [0.717, 1.165) is 0 Å². The minimum absolute atomic E-state index is 0.00632. The lowest BCUT2D eigenvalue weighted by atomic mass is 9.73. The molecule has 4 heteroatoms. The van der Waals surface area contributed by atoms with Gasteiger partial charge in [-0.2, -0.15) is 0 Å². The first-order valence-corrected chi connectivity index (χ1v) is 5.70. The summed E-state index contributed by atoms with van der Waals surface area (Å²) in [5.41, 5.74) is -0.804. The number of rotatable bonds is 1. The molecule has 0 unspecified atom stereocenters. The topological polar surface area (TPSA) is 40.5 Å². The van der Waals surface area contributed by atoms with E-state index in [1.807, 2.05) is 0 Å². The van der Waals surface area contributed by atoms with Gasteiger partial charge in [-0.15, -0.1) is 23.2 Å². The Bertz CT molecular complexity index is 197. The standard InChI is InChI=1S/C10H18Cl2O2/c1-9(2,14)6-4-7(11)10(3,12)8(13)5-6/h6-8,13-14H,4-5H2,1-3H3/t6-,7-,8+,10+/m1/s1. The van der Waals surface area contributed by atoms with Crippen molar-refractivity contribution in [3.63, 3.8) is 0 Å². The molecule has 2 N–H and O–H groups in total. The van der Waals surface area contributed by atoms with Crippen LogP contribution in [0.15, 0.2) is 0 Å². The molecule has 14 heavy (non-hydrogen) atoms. The highest BCUT2D eigenvalue weighted by Crippen LogP contribution is 2.43. The summed E-state index contributed by atoms with van der Waals surface area (Å²) in [6.07, 6.45) is 0.492. The lowest BCUT2D eigenvalue weighted by molar-refractivity contribution is -0.0372. The van der Waals surface area contributed by atoms with Gasteiger partial charge in [0.2, 0.25) is 0 Å². The molecule has 2 nitrogen and oxygen atoms in total. The van der Waals surface area contributed by atoms with E-state index in [2.05, 4.69) is 0 Å². The molecule has 0 spiro atoms. The summed E-state index contributed by atoms with van der Waals surface area (Å²) in [5.74, 6) is 0.00632. The molecular formula is C10H18Cl2O2. The fourth-order valence-corrected chi connectivity index (χ4v) is 2.40. The van der Waals surface area contributed by atoms with Crippen molar-refractivity contribution in [1.82, 2.24) is 0 Å². The van der Waals surface area contributed by atoms with Crippen LogP contribution >= 0.6 is 23.2 Å². The van der Waals surface area contributed by atoms with Gasteiger partial charge in [-0.1, -0.05) is 0 Å². The second-order valence-corrected chi connectivity index (χ2v) is 6.30. The lowest BCUT2D eigenvalue weighted by Crippen LogP contribution is -2.52. The number of halogens is 2. The van der Waals surface area contributed by atoms with Gasteiger partial charge in [-0.25, -0.2) is 0 Å². The van der Waals surface area contributed by atoms with E-state index in [9.17, 15) is 10.2 Å². The van der Waals surface area contributed by atoms with E-state index in [1.165, 1.54) is 0 Å². The molecule has 84 valence electrons. The number of aliphatic hydroxyl groups excluding tert-OH is 1. The van der Waals surface area contributed by atoms with E-state index in [1.54, 1.807) is 20.8 Å². The first-order valence-electron chi connectivity index (χ1n) is 4.89. The van der Waals surface area contributed by atoms with Crippen molar-refractivity contribution in [2.45, 2.75) is 55.6 Å². The molecule has 0 aromatic carbocycles. The monoisotopic (exact) mass is 240 g/mol. The van der Waals surface area contributed by atoms with Crippen molar-refractivity contribution >= 4 is 23.2 Å². The van der Waals surface area contributed by atoms with E-state index in [0.29, 0.717) is 12.8 Å². The molecule has 1 fully saturated rings. The largest absolute Gasteiger partial charge is 0.391 e. The fourth-order valence-electron chi connectivity index (χ4n) is 1.86. The van der Waals surface area contributed by atoms with Gasteiger partial charge in [0.05, 0.1) is 22.0 Å². The van der Waals surface area contributed by atoms with Crippen LogP contribution < -0.4 is 0 Å². The number of hydrogen-bond donors (Lipinski definition) is 2. The van der Waals surface area contributed by atoms with Crippen molar-refractivity contribution in [2.24, 2.45) is 5.92 Å². The molecule has 4 atom stereocenters. The van der Waals surface area contributed by atoms with Crippen LogP contribution in [0.4, 0.5) is 0 Å². The van der Waals surface area contributed by atoms with E-state index in [-0.39, 0.29) is 11.3 Å². The summed E-state index contributed by atoms with van der Waals surface area (Å²) in [6.45, 7) is 5.23. The molecule has 0 saturated heterocycles. The van der Waals surface area contributed by atoms with Crippen LogP contribution in [0.25, 0.3) is 0 Å². The van der Waals surface area contributed by atoms with Crippen LogP contribution in [0.2, 0.25) is 0 Å². The SMILES string of the molecule is CC(C)(O)[C@@H]1C[C@@H](Cl)[C@](C)(Cl)[C@@H](O)C1. The molecule has 0 aliphatic heterocycles. The zero-order valence-electron chi connectivity index (χ0n) is 8.80. The van der Waals surface area contributed by atoms with Crippen LogP contribution in [-0.2, 0) is 0 Å². The molecule has 0 radical (unpaired) electrons. The Morgan fingerprint density at radius 2 is 1.86 bits per heavy atom. The highest BCUT2D eigenvalue weighted by atomic mass is 35.5. The minimum Gasteiger partial charge on any atom is -0.391 e. The molecule has 1 saturated carbocycles. The Balaban J connectivity index is 2.76. The van der Waals surface area contributed by atoms with E-state index in [4.69, 9.17) is 23.2 Å².